The van der Waals surface area contributed by atoms with Crippen LogP contribution in [0.4, 0.5) is 4.39 Å². The highest BCUT2D eigenvalue weighted by molar-refractivity contribution is 6.31. The maximum absolute atomic E-state index is 13.9. The van der Waals surface area contributed by atoms with Crippen LogP contribution in [0.15, 0.2) is 18.2 Å². The fraction of sp³-hybridized carbons (Fsp3) is 0.562. The van der Waals surface area contributed by atoms with Gasteiger partial charge in [0.1, 0.15) is 5.82 Å². The molecule has 1 amide bonds. The summed E-state index contributed by atoms with van der Waals surface area (Å²) in [6.45, 7) is 1.67. The van der Waals surface area contributed by atoms with Gasteiger partial charge in [-0.1, -0.05) is 18.0 Å². The molecule has 1 aromatic rings. The lowest BCUT2D eigenvalue weighted by atomic mass is 10.0. The van der Waals surface area contributed by atoms with Gasteiger partial charge in [-0.15, -0.1) is 0 Å². The van der Waals surface area contributed by atoms with Gasteiger partial charge in [-0.05, 0) is 50.4 Å². The predicted molar refractivity (Wildman–Crippen MR) is 81.1 cm³/mol. The number of carbonyl (C=O) groups is 1. The molecule has 1 aliphatic carbocycles. The molecule has 1 N–H and O–H groups in total. The second-order valence-electron chi connectivity index (χ2n) is 5.96. The molecule has 0 aromatic heterocycles. The molecule has 114 valence electrons. The normalized spacial score (nSPS) is 22.1. The van der Waals surface area contributed by atoms with Crippen molar-refractivity contribution < 1.29 is 9.18 Å². The third-order valence-electron chi connectivity index (χ3n) is 4.24. The first-order chi connectivity index (χ1) is 10.1. The zero-order valence-electron chi connectivity index (χ0n) is 11.9. The number of nitrogens with zero attached hydrogens (tertiary/aromatic N) is 1. The van der Waals surface area contributed by atoms with Gasteiger partial charge in [0.15, 0.2) is 0 Å². The lowest BCUT2D eigenvalue weighted by Crippen LogP contribution is -2.46. The number of amides is 1. The molecule has 3 rings (SSSR count). The summed E-state index contributed by atoms with van der Waals surface area (Å²) in [6.07, 6.45) is 5.49. The van der Waals surface area contributed by atoms with Crippen LogP contribution in [0.1, 0.15) is 42.5 Å². The maximum atomic E-state index is 13.9. The second-order valence-corrected chi connectivity index (χ2v) is 6.40. The third-order valence-corrected chi connectivity index (χ3v) is 4.47. The SMILES string of the molecule is O=C(c1cc(Cl)ccc1F)N(CC1CCCCN1)C1CC1. The molecule has 1 aromatic carbocycles. The Morgan fingerprint density at radius 1 is 1.33 bits per heavy atom. The number of piperidine rings is 1. The van der Waals surface area contributed by atoms with Crippen LogP contribution in [-0.4, -0.2) is 36.0 Å². The smallest absolute Gasteiger partial charge is 0.257 e. The van der Waals surface area contributed by atoms with Crippen LogP contribution in [0.5, 0.6) is 0 Å². The first-order valence-electron chi connectivity index (χ1n) is 7.64. The molecule has 1 aliphatic heterocycles. The minimum atomic E-state index is -0.494. The van der Waals surface area contributed by atoms with Crippen molar-refractivity contribution >= 4 is 17.5 Å². The summed E-state index contributed by atoms with van der Waals surface area (Å²) in [5, 5.41) is 3.85. The van der Waals surface area contributed by atoms with Crippen molar-refractivity contribution in [1.82, 2.24) is 10.2 Å². The minimum absolute atomic E-state index is 0.0882. The number of hydrogen-bond acceptors (Lipinski definition) is 2. The van der Waals surface area contributed by atoms with Gasteiger partial charge in [-0.3, -0.25) is 4.79 Å². The lowest BCUT2D eigenvalue weighted by Gasteiger charge is -2.31. The molecule has 3 nitrogen and oxygen atoms in total. The molecule has 1 saturated heterocycles. The average molecular weight is 311 g/mol. The third kappa shape index (κ3) is 3.55. The monoisotopic (exact) mass is 310 g/mol. The Bertz CT molecular complexity index is 527. The van der Waals surface area contributed by atoms with E-state index in [0.717, 1.165) is 25.8 Å². The Morgan fingerprint density at radius 3 is 2.81 bits per heavy atom. The van der Waals surface area contributed by atoms with Crippen molar-refractivity contribution in [2.45, 2.75) is 44.2 Å². The lowest BCUT2D eigenvalue weighted by molar-refractivity contribution is 0.0713. The first kappa shape index (κ1) is 14.8. The van der Waals surface area contributed by atoms with Crippen molar-refractivity contribution in [3.8, 4) is 0 Å². The summed E-state index contributed by atoms with van der Waals surface area (Å²) in [5.41, 5.74) is 0.0882. The van der Waals surface area contributed by atoms with E-state index in [9.17, 15) is 9.18 Å². The molecule has 1 unspecified atom stereocenters. The molecular weight excluding hydrogens is 291 g/mol. The van der Waals surface area contributed by atoms with Crippen molar-refractivity contribution in [2.75, 3.05) is 13.1 Å². The van der Waals surface area contributed by atoms with Crippen molar-refractivity contribution in [3.63, 3.8) is 0 Å². The summed E-state index contributed by atoms with van der Waals surface area (Å²) in [5.74, 6) is -0.725. The van der Waals surface area contributed by atoms with Crippen LogP contribution >= 0.6 is 11.6 Å². The molecule has 5 heteroatoms. The molecule has 2 fully saturated rings. The van der Waals surface area contributed by atoms with Gasteiger partial charge in [0, 0.05) is 23.7 Å². The molecule has 21 heavy (non-hydrogen) atoms. The molecule has 0 radical (unpaired) electrons. The quantitative estimate of drug-likeness (QED) is 0.926. The number of halogens is 2. The fourth-order valence-electron chi connectivity index (χ4n) is 2.92. The van der Waals surface area contributed by atoms with Crippen molar-refractivity contribution in [2.24, 2.45) is 0 Å². The van der Waals surface area contributed by atoms with Gasteiger partial charge in [-0.25, -0.2) is 4.39 Å². The van der Waals surface area contributed by atoms with E-state index < -0.39 is 5.82 Å². The van der Waals surface area contributed by atoms with Crippen molar-refractivity contribution in [3.05, 3.63) is 34.6 Å². The van der Waals surface area contributed by atoms with Crippen LogP contribution in [0.25, 0.3) is 0 Å². The molecule has 0 spiro atoms. The van der Waals surface area contributed by atoms with Gasteiger partial charge < -0.3 is 10.2 Å². The fourth-order valence-corrected chi connectivity index (χ4v) is 3.09. The topological polar surface area (TPSA) is 32.3 Å². The van der Waals surface area contributed by atoms with Gasteiger partial charge >= 0.3 is 0 Å². The van der Waals surface area contributed by atoms with E-state index in [1.165, 1.54) is 31.0 Å². The van der Waals surface area contributed by atoms with Crippen LogP contribution in [0, 0.1) is 5.82 Å². The number of rotatable bonds is 4. The summed E-state index contributed by atoms with van der Waals surface area (Å²) >= 11 is 5.90. The number of nitrogens with one attached hydrogen (secondary N) is 1. The van der Waals surface area contributed by atoms with Crippen molar-refractivity contribution in [1.29, 1.82) is 0 Å². The molecule has 1 saturated carbocycles. The maximum Gasteiger partial charge on any atom is 0.257 e. The van der Waals surface area contributed by atoms with E-state index in [4.69, 9.17) is 11.6 Å². The highest BCUT2D eigenvalue weighted by atomic mass is 35.5. The van der Waals surface area contributed by atoms with E-state index in [-0.39, 0.29) is 17.5 Å². The Hall–Kier alpha value is -1.13. The second kappa shape index (κ2) is 6.32. The predicted octanol–water partition coefficient (Wildman–Crippen LogP) is 3.23. The molecular formula is C16H20ClFN2O. The van der Waals surface area contributed by atoms with Gasteiger partial charge in [0.05, 0.1) is 5.56 Å². The minimum Gasteiger partial charge on any atom is -0.334 e. The number of hydrogen-bond donors (Lipinski definition) is 1. The first-order valence-corrected chi connectivity index (χ1v) is 8.02. The van der Waals surface area contributed by atoms with Gasteiger partial charge in [-0.2, -0.15) is 0 Å². The molecule has 0 bridgehead atoms. The molecule has 2 aliphatic rings. The number of benzene rings is 1. The Morgan fingerprint density at radius 2 is 2.14 bits per heavy atom. The Kier molecular flexibility index (Phi) is 4.45. The Balaban J connectivity index is 1.76. The summed E-state index contributed by atoms with van der Waals surface area (Å²) in [6, 6.07) is 4.75. The highest BCUT2D eigenvalue weighted by Crippen LogP contribution is 2.30. The standard InChI is InChI=1S/C16H20ClFN2O/c17-11-4-7-15(18)14(9-11)16(21)20(13-5-6-13)10-12-3-1-2-8-19-12/h4,7,9,12-13,19H,1-3,5-6,8,10H2. The van der Waals surface area contributed by atoms with E-state index in [1.54, 1.807) is 0 Å². The molecule has 1 atom stereocenters. The summed E-state index contributed by atoms with van der Waals surface area (Å²) in [4.78, 5) is 14.5. The van der Waals surface area contributed by atoms with Crippen LogP contribution < -0.4 is 5.32 Å². The van der Waals surface area contributed by atoms with Gasteiger partial charge in [0.2, 0.25) is 0 Å². The number of carbonyl (C=O) groups excluding carboxylic acids is 1. The average Bonchev–Trinajstić information content (AvgIpc) is 3.32. The van der Waals surface area contributed by atoms with E-state index in [0.29, 0.717) is 17.6 Å². The zero-order chi connectivity index (χ0) is 14.8. The molecule has 1 heterocycles. The van der Waals surface area contributed by atoms with Gasteiger partial charge in [0.25, 0.3) is 5.91 Å². The summed E-state index contributed by atoms with van der Waals surface area (Å²) in [7, 11) is 0. The highest BCUT2D eigenvalue weighted by Gasteiger charge is 2.35. The van der Waals surface area contributed by atoms with Crippen LogP contribution in [0.3, 0.4) is 0 Å². The van der Waals surface area contributed by atoms with E-state index in [1.807, 2.05) is 4.90 Å². The van der Waals surface area contributed by atoms with Crippen LogP contribution in [0.2, 0.25) is 5.02 Å². The van der Waals surface area contributed by atoms with E-state index >= 15 is 0 Å². The Labute approximate surface area is 129 Å². The van der Waals surface area contributed by atoms with Crippen LogP contribution in [-0.2, 0) is 0 Å². The largest absolute Gasteiger partial charge is 0.334 e. The van der Waals surface area contributed by atoms with E-state index in [2.05, 4.69) is 5.32 Å². The summed E-state index contributed by atoms with van der Waals surface area (Å²) < 4.78 is 13.9. The zero-order valence-corrected chi connectivity index (χ0v) is 12.7.